The fraction of sp³-hybridized carbons (Fsp3) is 0.846. The van der Waals surface area contributed by atoms with Crippen LogP contribution in [0.25, 0.3) is 0 Å². The molecule has 2 rings (SSSR count). The van der Waals surface area contributed by atoms with Gasteiger partial charge in [-0.05, 0) is 19.3 Å². The van der Waals surface area contributed by atoms with Crippen molar-refractivity contribution < 1.29 is 14.3 Å². The molecule has 1 amide bonds. The minimum Gasteiger partial charge on any atom is -0.453 e. The van der Waals surface area contributed by atoms with Gasteiger partial charge in [-0.1, -0.05) is 12.8 Å². The van der Waals surface area contributed by atoms with Crippen molar-refractivity contribution in [3.8, 4) is 0 Å². The number of ether oxygens (including phenoxy) is 1. The molecule has 18 heavy (non-hydrogen) atoms. The van der Waals surface area contributed by atoms with Crippen molar-refractivity contribution in [1.82, 2.24) is 10.2 Å². The van der Waals surface area contributed by atoms with Crippen molar-refractivity contribution >= 4 is 11.9 Å². The molecule has 0 aromatic rings. The SMILES string of the molecule is COC(=O)NC1CCN(C2CCCCCC2=O)C1. The molecule has 0 radical (unpaired) electrons. The van der Waals surface area contributed by atoms with E-state index in [1.165, 1.54) is 13.5 Å². The maximum absolute atomic E-state index is 12.0. The first-order valence-electron chi connectivity index (χ1n) is 6.82. The van der Waals surface area contributed by atoms with Crippen LogP contribution in [0.1, 0.15) is 38.5 Å². The van der Waals surface area contributed by atoms with Crippen LogP contribution in [0.3, 0.4) is 0 Å². The number of alkyl carbamates (subject to hydrolysis) is 1. The van der Waals surface area contributed by atoms with Crippen LogP contribution in [0, 0.1) is 0 Å². The Balaban J connectivity index is 1.87. The van der Waals surface area contributed by atoms with Crippen molar-refractivity contribution in [3.05, 3.63) is 0 Å². The van der Waals surface area contributed by atoms with E-state index in [0.29, 0.717) is 5.78 Å². The van der Waals surface area contributed by atoms with Gasteiger partial charge in [0.25, 0.3) is 0 Å². The number of likely N-dealkylation sites (tertiary alicyclic amines) is 1. The number of amides is 1. The summed E-state index contributed by atoms with van der Waals surface area (Å²) in [7, 11) is 1.37. The molecule has 0 aromatic heterocycles. The summed E-state index contributed by atoms with van der Waals surface area (Å²) < 4.78 is 4.60. The summed E-state index contributed by atoms with van der Waals surface area (Å²) in [5.41, 5.74) is 0. The van der Waals surface area contributed by atoms with E-state index in [9.17, 15) is 9.59 Å². The third kappa shape index (κ3) is 3.22. The Hall–Kier alpha value is -1.10. The lowest BCUT2D eigenvalue weighted by molar-refractivity contribution is -0.123. The quantitative estimate of drug-likeness (QED) is 0.755. The molecule has 1 heterocycles. The van der Waals surface area contributed by atoms with Gasteiger partial charge in [-0.2, -0.15) is 0 Å². The van der Waals surface area contributed by atoms with Gasteiger partial charge in [0.1, 0.15) is 5.78 Å². The van der Waals surface area contributed by atoms with E-state index < -0.39 is 0 Å². The highest BCUT2D eigenvalue weighted by Crippen LogP contribution is 2.23. The summed E-state index contributed by atoms with van der Waals surface area (Å²) >= 11 is 0. The number of ketones is 1. The molecular weight excluding hydrogens is 232 g/mol. The number of carbonyl (C=O) groups is 2. The molecule has 0 spiro atoms. The average Bonchev–Trinajstić information content (AvgIpc) is 2.70. The van der Waals surface area contributed by atoms with Crippen LogP contribution in [-0.4, -0.2) is 49.1 Å². The molecule has 1 N–H and O–H groups in total. The number of methoxy groups -OCH3 is 1. The van der Waals surface area contributed by atoms with Gasteiger partial charge in [0, 0.05) is 25.6 Å². The molecular formula is C13H22N2O3. The Morgan fingerprint density at radius 1 is 1.33 bits per heavy atom. The Kier molecular flexibility index (Phi) is 4.58. The van der Waals surface area contributed by atoms with Crippen LogP contribution < -0.4 is 5.32 Å². The van der Waals surface area contributed by atoms with Crippen molar-refractivity contribution in [2.24, 2.45) is 0 Å². The van der Waals surface area contributed by atoms with E-state index in [1.54, 1.807) is 0 Å². The third-order valence-electron chi connectivity index (χ3n) is 3.94. The van der Waals surface area contributed by atoms with Gasteiger partial charge < -0.3 is 10.1 Å². The molecule has 1 saturated carbocycles. The second-order valence-electron chi connectivity index (χ2n) is 5.20. The van der Waals surface area contributed by atoms with Gasteiger partial charge in [0.15, 0.2) is 0 Å². The van der Waals surface area contributed by atoms with Gasteiger partial charge >= 0.3 is 6.09 Å². The second kappa shape index (κ2) is 6.18. The molecule has 5 heteroatoms. The number of nitrogens with one attached hydrogen (secondary N) is 1. The molecule has 1 aliphatic heterocycles. The summed E-state index contributed by atoms with van der Waals surface area (Å²) in [6.45, 7) is 1.66. The highest BCUT2D eigenvalue weighted by molar-refractivity contribution is 5.84. The number of hydrogen-bond acceptors (Lipinski definition) is 4. The molecule has 0 aromatic carbocycles. The predicted molar refractivity (Wildman–Crippen MR) is 67.4 cm³/mol. The van der Waals surface area contributed by atoms with Crippen molar-refractivity contribution in [1.29, 1.82) is 0 Å². The van der Waals surface area contributed by atoms with Gasteiger partial charge in [-0.3, -0.25) is 9.69 Å². The van der Waals surface area contributed by atoms with Crippen LogP contribution >= 0.6 is 0 Å². The predicted octanol–water partition coefficient (Wildman–Crippen LogP) is 1.32. The zero-order valence-electron chi connectivity index (χ0n) is 11.0. The number of nitrogens with zero attached hydrogens (tertiary/aromatic N) is 1. The largest absolute Gasteiger partial charge is 0.453 e. The first-order valence-corrected chi connectivity index (χ1v) is 6.82. The molecule has 102 valence electrons. The van der Waals surface area contributed by atoms with Crippen LogP contribution in [0.15, 0.2) is 0 Å². The standard InChI is InChI=1S/C13H22N2O3/c1-18-13(17)14-10-7-8-15(9-10)11-5-3-2-4-6-12(11)16/h10-11H,2-9H2,1H3,(H,14,17). The molecule has 2 atom stereocenters. The van der Waals surface area contributed by atoms with Crippen LogP contribution in [0.2, 0.25) is 0 Å². The molecule has 1 saturated heterocycles. The molecule has 1 aliphatic carbocycles. The fourth-order valence-electron chi connectivity index (χ4n) is 2.94. The monoisotopic (exact) mass is 254 g/mol. The topological polar surface area (TPSA) is 58.6 Å². The number of rotatable bonds is 2. The summed E-state index contributed by atoms with van der Waals surface area (Å²) in [4.78, 5) is 25.4. The lowest BCUT2D eigenvalue weighted by Crippen LogP contribution is -2.42. The summed E-state index contributed by atoms with van der Waals surface area (Å²) in [6, 6.07) is 0.199. The first-order chi connectivity index (χ1) is 8.70. The van der Waals surface area contributed by atoms with Gasteiger partial charge in [-0.25, -0.2) is 4.79 Å². The zero-order valence-corrected chi connectivity index (χ0v) is 11.0. The fourth-order valence-corrected chi connectivity index (χ4v) is 2.94. The lowest BCUT2D eigenvalue weighted by Gasteiger charge is -2.25. The van der Waals surface area contributed by atoms with E-state index in [-0.39, 0.29) is 18.2 Å². The van der Waals surface area contributed by atoms with Gasteiger partial charge in [0.05, 0.1) is 13.2 Å². The van der Waals surface area contributed by atoms with Gasteiger partial charge in [-0.15, -0.1) is 0 Å². The third-order valence-corrected chi connectivity index (χ3v) is 3.94. The molecule has 2 aliphatic rings. The van der Waals surface area contributed by atoms with Crippen molar-refractivity contribution in [2.45, 2.75) is 50.6 Å². The molecule has 2 fully saturated rings. The molecule has 5 nitrogen and oxygen atoms in total. The number of Topliss-reactive ketones (excluding diaryl/α,β-unsaturated/α-hetero) is 1. The summed E-state index contributed by atoms with van der Waals surface area (Å²) in [6.07, 6.45) is 5.56. The maximum Gasteiger partial charge on any atom is 0.407 e. The average molecular weight is 254 g/mol. The van der Waals surface area contributed by atoms with Crippen molar-refractivity contribution in [3.63, 3.8) is 0 Å². The number of hydrogen-bond donors (Lipinski definition) is 1. The normalized spacial score (nSPS) is 29.9. The highest BCUT2D eigenvalue weighted by atomic mass is 16.5. The number of carbonyl (C=O) groups excluding carboxylic acids is 2. The lowest BCUT2D eigenvalue weighted by atomic mass is 10.1. The Labute approximate surface area is 108 Å². The van der Waals surface area contributed by atoms with E-state index in [2.05, 4.69) is 15.0 Å². The first kappa shape index (κ1) is 13.3. The minimum absolute atomic E-state index is 0.0805. The highest BCUT2D eigenvalue weighted by Gasteiger charge is 2.33. The van der Waals surface area contributed by atoms with E-state index in [1.807, 2.05) is 0 Å². The van der Waals surface area contributed by atoms with Crippen LogP contribution in [0.5, 0.6) is 0 Å². The van der Waals surface area contributed by atoms with E-state index >= 15 is 0 Å². The summed E-state index contributed by atoms with van der Waals surface area (Å²) in [5.74, 6) is 0.381. The van der Waals surface area contributed by atoms with E-state index in [4.69, 9.17) is 0 Å². The molecule has 2 unspecified atom stereocenters. The molecule has 0 bridgehead atoms. The Morgan fingerprint density at radius 2 is 2.17 bits per heavy atom. The minimum atomic E-state index is -0.381. The van der Waals surface area contributed by atoms with Gasteiger partial charge in [0.2, 0.25) is 0 Å². The van der Waals surface area contributed by atoms with Crippen LogP contribution in [-0.2, 0) is 9.53 Å². The Bertz CT molecular complexity index is 319. The second-order valence-corrected chi connectivity index (χ2v) is 5.20. The smallest absolute Gasteiger partial charge is 0.407 e. The van der Waals surface area contributed by atoms with Crippen LogP contribution in [0.4, 0.5) is 4.79 Å². The summed E-state index contributed by atoms with van der Waals surface area (Å²) in [5, 5.41) is 2.81. The van der Waals surface area contributed by atoms with E-state index in [0.717, 1.165) is 45.2 Å². The van der Waals surface area contributed by atoms with Crippen molar-refractivity contribution in [2.75, 3.05) is 20.2 Å². The zero-order chi connectivity index (χ0) is 13.0. The maximum atomic E-state index is 12.0. The Morgan fingerprint density at radius 3 is 2.94 bits per heavy atom.